The number of carbonyl (C=O) groups is 2. The van der Waals surface area contributed by atoms with Gasteiger partial charge in [-0.05, 0) is 61.2 Å². The fourth-order valence-electron chi connectivity index (χ4n) is 3.76. The highest BCUT2D eigenvalue weighted by molar-refractivity contribution is 6.01. The van der Waals surface area contributed by atoms with Crippen molar-refractivity contribution in [3.63, 3.8) is 0 Å². The Morgan fingerprint density at radius 2 is 1.77 bits per heavy atom. The van der Waals surface area contributed by atoms with Crippen molar-refractivity contribution < 1.29 is 14.3 Å². The van der Waals surface area contributed by atoms with Gasteiger partial charge in [0.2, 0.25) is 5.91 Å². The molecule has 1 aromatic heterocycles. The topological polar surface area (TPSA) is 80.3 Å². The number of nitrogens with one attached hydrogen (secondary N) is 2. The lowest BCUT2D eigenvalue weighted by atomic mass is 9.95. The molecular formula is C25H25N3O3. The third kappa shape index (κ3) is 4.01. The van der Waals surface area contributed by atoms with Crippen LogP contribution >= 0.6 is 0 Å². The summed E-state index contributed by atoms with van der Waals surface area (Å²) < 4.78 is 5.22. The first-order chi connectivity index (χ1) is 15.0. The molecule has 0 unspecified atom stereocenters. The van der Waals surface area contributed by atoms with E-state index in [4.69, 9.17) is 4.74 Å². The van der Waals surface area contributed by atoms with Gasteiger partial charge in [0.1, 0.15) is 11.6 Å². The number of hydrogen-bond donors (Lipinski definition) is 2. The van der Waals surface area contributed by atoms with Crippen molar-refractivity contribution in [3.8, 4) is 17.0 Å². The van der Waals surface area contributed by atoms with Gasteiger partial charge in [0.25, 0.3) is 5.91 Å². The average molecular weight is 415 g/mol. The van der Waals surface area contributed by atoms with Crippen LogP contribution in [0.25, 0.3) is 11.3 Å². The highest BCUT2D eigenvalue weighted by Crippen LogP contribution is 2.49. The fourth-order valence-corrected chi connectivity index (χ4v) is 3.76. The number of amides is 2. The van der Waals surface area contributed by atoms with Crippen molar-refractivity contribution in [2.75, 3.05) is 19.5 Å². The molecule has 0 atom stereocenters. The summed E-state index contributed by atoms with van der Waals surface area (Å²) in [5, 5.41) is 5.63. The van der Waals surface area contributed by atoms with Gasteiger partial charge in [0.15, 0.2) is 0 Å². The van der Waals surface area contributed by atoms with Crippen molar-refractivity contribution >= 4 is 17.6 Å². The Morgan fingerprint density at radius 3 is 2.42 bits per heavy atom. The molecule has 6 heteroatoms. The number of ether oxygens (including phenoxy) is 1. The number of hydrogen-bond acceptors (Lipinski definition) is 4. The Labute approximate surface area is 181 Å². The molecule has 1 aliphatic carbocycles. The van der Waals surface area contributed by atoms with E-state index in [1.165, 1.54) is 0 Å². The van der Waals surface area contributed by atoms with E-state index in [2.05, 4.69) is 15.6 Å². The summed E-state index contributed by atoms with van der Waals surface area (Å²) >= 11 is 0. The van der Waals surface area contributed by atoms with E-state index in [9.17, 15) is 9.59 Å². The summed E-state index contributed by atoms with van der Waals surface area (Å²) in [6.07, 6.45) is 1.61. The van der Waals surface area contributed by atoms with Crippen LogP contribution in [0.1, 0.15) is 34.3 Å². The second kappa shape index (κ2) is 8.22. The van der Waals surface area contributed by atoms with Gasteiger partial charge in [0, 0.05) is 18.2 Å². The number of carbonyl (C=O) groups excluding carboxylic acids is 2. The number of aromatic nitrogens is 1. The molecule has 1 saturated carbocycles. The van der Waals surface area contributed by atoms with Crippen LogP contribution in [0, 0.1) is 6.92 Å². The van der Waals surface area contributed by atoms with Crippen LogP contribution in [0.3, 0.4) is 0 Å². The summed E-state index contributed by atoms with van der Waals surface area (Å²) in [7, 11) is 3.23. The van der Waals surface area contributed by atoms with Crippen LogP contribution < -0.4 is 15.4 Å². The normalized spacial score (nSPS) is 13.9. The van der Waals surface area contributed by atoms with Crippen molar-refractivity contribution in [1.29, 1.82) is 0 Å². The quantitative estimate of drug-likeness (QED) is 0.635. The van der Waals surface area contributed by atoms with Crippen molar-refractivity contribution in [3.05, 3.63) is 77.4 Å². The first kappa shape index (κ1) is 20.6. The first-order valence-electron chi connectivity index (χ1n) is 10.2. The van der Waals surface area contributed by atoms with Gasteiger partial charge < -0.3 is 15.4 Å². The lowest BCUT2D eigenvalue weighted by Crippen LogP contribution is -2.28. The van der Waals surface area contributed by atoms with Crippen LogP contribution in [0.5, 0.6) is 5.75 Å². The zero-order chi connectivity index (χ0) is 22.0. The summed E-state index contributed by atoms with van der Waals surface area (Å²) in [5.41, 5.74) is 3.55. The SMILES string of the molecule is CNC(=O)c1cccc(-c2nc(NC(=O)C3(c4ccc(OC)cc4)CC3)ccc2C)c1. The predicted molar refractivity (Wildman–Crippen MR) is 120 cm³/mol. The Bertz CT molecular complexity index is 1140. The zero-order valence-corrected chi connectivity index (χ0v) is 17.9. The van der Waals surface area contributed by atoms with Gasteiger partial charge in [-0.1, -0.05) is 30.3 Å². The average Bonchev–Trinajstić information content (AvgIpc) is 3.62. The minimum Gasteiger partial charge on any atom is -0.497 e. The minimum atomic E-state index is -0.516. The van der Waals surface area contributed by atoms with Crippen LogP contribution in [0.2, 0.25) is 0 Å². The molecule has 1 aliphatic rings. The third-order valence-electron chi connectivity index (χ3n) is 5.79. The molecule has 4 rings (SSSR count). The molecule has 3 aromatic rings. The van der Waals surface area contributed by atoms with Gasteiger partial charge in [-0.2, -0.15) is 0 Å². The van der Waals surface area contributed by atoms with Crippen LogP contribution in [-0.2, 0) is 10.2 Å². The second-order valence-corrected chi connectivity index (χ2v) is 7.79. The molecule has 2 aromatic carbocycles. The van der Waals surface area contributed by atoms with E-state index >= 15 is 0 Å². The van der Waals surface area contributed by atoms with Crippen molar-refractivity contribution in [2.45, 2.75) is 25.2 Å². The Balaban J connectivity index is 1.59. The van der Waals surface area contributed by atoms with Gasteiger partial charge in [-0.3, -0.25) is 9.59 Å². The molecule has 2 amide bonds. The largest absolute Gasteiger partial charge is 0.497 e. The van der Waals surface area contributed by atoms with Crippen LogP contribution in [0.4, 0.5) is 5.82 Å². The maximum Gasteiger partial charge on any atom is 0.251 e. The summed E-state index contributed by atoms with van der Waals surface area (Å²) in [4.78, 5) is 29.8. The number of pyridine rings is 1. The molecule has 0 radical (unpaired) electrons. The summed E-state index contributed by atoms with van der Waals surface area (Å²) in [6.45, 7) is 1.96. The number of benzene rings is 2. The van der Waals surface area contributed by atoms with E-state index in [1.54, 1.807) is 26.3 Å². The third-order valence-corrected chi connectivity index (χ3v) is 5.79. The summed E-state index contributed by atoms with van der Waals surface area (Å²) in [5.74, 6) is 1.05. The van der Waals surface area contributed by atoms with Crippen molar-refractivity contribution in [2.24, 2.45) is 0 Å². The standard InChI is InChI=1S/C25H25N3O3/c1-16-7-12-21(27-22(16)17-5-4-6-18(15-17)23(29)26-2)28-24(30)25(13-14-25)19-8-10-20(31-3)11-9-19/h4-12,15H,13-14H2,1-3H3,(H,26,29)(H,27,28,30). The zero-order valence-electron chi connectivity index (χ0n) is 17.9. The molecule has 0 spiro atoms. The smallest absolute Gasteiger partial charge is 0.251 e. The predicted octanol–water partition coefficient (Wildman–Crippen LogP) is 4.10. The Hall–Kier alpha value is -3.67. The fraction of sp³-hybridized carbons (Fsp3) is 0.240. The van der Waals surface area contributed by atoms with Crippen LogP contribution in [-0.4, -0.2) is 31.0 Å². The van der Waals surface area contributed by atoms with Gasteiger partial charge in [0.05, 0.1) is 18.2 Å². The number of rotatable bonds is 6. The molecule has 0 bridgehead atoms. The van der Waals surface area contributed by atoms with Crippen molar-refractivity contribution in [1.82, 2.24) is 10.3 Å². The number of anilines is 1. The van der Waals surface area contributed by atoms with Gasteiger partial charge in [-0.25, -0.2) is 4.98 Å². The van der Waals surface area contributed by atoms with Gasteiger partial charge >= 0.3 is 0 Å². The number of nitrogens with zero attached hydrogens (tertiary/aromatic N) is 1. The maximum absolute atomic E-state index is 13.1. The number of aryl methyl sites for hydroxylation is 1. The lowest BCUT2D eigenvalue weighted by molar-refractivity contribution is -0.118. The Kier molecular flexibility index (Phi) is 5.46. The molecule has 158 valence electrons. The highest BCUT2D eigenvalue weighted by Gasteiger charge is 2.51. The van der Waals surface area contributed by atoms with E-state index in [-0.39, 0.29) is 11.8 Å². The molecule has 0 aliphatic heterocycles. The molecule has 6 nitrogen and oxygen atoms in total. The van der Waals surface area contributed by atoms with Crippen LogP contribution in [0.15, 0.2) is 60.7 Å². The molecule has 2 N–H and O–H groups in total. The van der Waals surface area contributed by atoms with E-state index < -0.39 is 5.41 Å². The van der Waals surface area contributed by atoms with E-state index in [1.807, 2.05) is 55.5 Å². The second-order valence-electron chi connectivity index (χ2n) is 7.79. The summed E-state index contributed by atoms with van der Waals surface area (Å²) in [6, 6.07) is 18.7. The molecule has 1 fully saturated rings. The molecule has 31 heavy (non-hydrogen) atoms. The van der Waals surface area contributed by atoms with E-state index in [0.29, 0.717) is 11.4 Å². The lowest BCUT2D eigenvalue weighted by Gasteiger charge is -2.17. The van der Waals surface area contributed by atoms with E-state index in [0.717, 1.165) is 41.0 Å². The molecule has 0 saturated heterocycles. The van der Waals surface area contributed by atoms with Gasteiger partial charge in [-0.15, -0.1) is 0 Å². The molecule has 1 heterocycles. The molecular weight excluding hydrogens is 390 g/mol. The minimum absolute atomic E-state index is 0.0564. The highest BCUT2D eigenvalue weighted by atomic mass is 16.5. The Morgan fingerprint density at radius 1 is 1.03 bits per heavy atom. The maximum atomic E-state index is 13.1. The monoisotopic (exact) mass is 415 g/mol. The first-order valence-corrected chi connectivity index (χ1v) is 10.2. The number of methoxy groups -OCH3 is 1.